The summed E-state index contributed by atoms with van der Waals surface area (Å²) >= 11 is 10.9. The number of aryl methyl sites for hydroxylation is 6. The van der Waals surface area contributed by atoms with Gasteiger partial charge in [-0.25, -0.2) is 0 Å². The van der Waals surface area contributed by atoms with E-state index in [0.717, 1.165) is 47.8 Å². The number of rotatable bonds is 35. The van der Waals surface area contributed by atoms with Crippen LogP contribution in [0.15, 0.2) is 170 Å². The second-order valence-corrected chi connectivity index (χ2v) is 106. The van der Waals surface area contributed by atoms with Gasteiger partial charge in [0.25, 0.3) is 0 Å². The molecule has 6 aromatic carbocycles. The molecule has 0 spiro atoms. The standard InChI is InChI=1S/C84H86N2S6.H20P18/c1-7-11-15-19-23-57-28-36-61(37-29-57)83(62-38-30-58(31-39-62)24-20-16-12-8-2)69-53-68-70(52-67(69)81-71(83)51-56(6)88-81)84(63-40-32-59(33-41-63)25-21-17-13-9-3,64-42-34-60(35-43-64)26-22-18-14-10-4)72-54-78(91-82(68)72)77-50-48-74(90-77)66-45-44-65(79-80(66)86-92-85-79)73-47-49-76(89-73)75-46-27-55(5)87-75;1-11(2)16(12(3)4)18(15(9)10)17(13(5)6)14(7)8/h27-54H,7-26H2,1-6H3;1-10H2. The molecule has 0 radical (unpaired) electrons. The first kappa shape index (κ1) is 89.1. The Morgan fingerprint density at radius 3 is 0.955 bits per heavy atom. The van der Waals surface area contributed by atoms with Crippen LogP contribution in [0.1, 0.15) is 207 Å². The second kappa shape index (κ2) is 42.0. The molecule has 12 aromatic rings. The molecule has 10 unspecified atom stereocenters. The van der Waals surface area contributed by atoms with Crippen LogP contribution in [0.3, 0.4) is 0 Å². The SMILES string of the molecule is CCCCCCc1ccc(C2(c3ccc(CCCCCC)cc3)c3cc4c(cc3-c3sc(C)cc32)C(c2ccc(CCCCCC)cc2)(c2ccc(CCCCCC)cc2)c2cc(-c3ccc(-c5ccc(-c6ccc(-c7ccc(C)s7)s6)c6nsnc56)s3)sc2-4)cc1.PP(P)P(P(P)P)P(P(P)P)P(P(P)P)P(P)P. The topological polar surface area (TPSA) is 25.8 Å². The Morgan fingerprint density at radius 2 is 0.609 bits per heavy atom. The third-order valence-electron chi connectivity index (χ3n) is 21.4. The highest BCUT2D eigenvalue weighted by Gasteiger charge is 2.53. The molecule has 0 saturated carbocycles. The van der Waals surface area contributed by atoms with Crippen molar-refractivity contribution >= 4 is 225 Å². The van der Waals surface area contributed by atoms with Crippen LogP contribution in [0.5, 0.6) is 0 Å². The van der Waals surface area contributed by atoms with E-state index in [1.54, 1.807) is 0 Å². The quantitative estimate of drug-likeness (QED) is 0.0292. The van der Waals surface area contributed by atoms with Crippen LogP contribution in [0.4, 0.5) is 0 Å². The molecular weight excluding hydrogens is 1790 g/mol. The molecule has 0 aliphatic heterocycles. The van der Waals surface area contributed by atoms with Gasteiger partial charge in [-0.1, -0.05) is 214 Å². The minimum absolute atomic E-state index is 0.0415. The van der Waals surface area contributed by atoms with Crippen molar-refractivity contribution in [2.45, 2.75) is 181 Å². The van der Waals surface area contributed by atoms with E-state index in [1.165, 1.54) is 241 Å². The molecule has 6 heterocycles. The number of fused-ring (bicyclic) bond motifs is 7. The summed E-state index contributed by atoms with van der Waals surface area (Å²) < 4.78 is 10.0. The number of benzene rings is 6. The molecule has 0 N–H and O–H groups in total. The van der Waals surface area contributed by atoms with Gasteiger partial charge in [0, 0.05) is 59.9 Å². The monoisotopic (exact) mass is 1890 g/mol. The Hall–Kier alpha value is 1.38. The fourth-order valence-corrected chi connectivity index (χ4v) is 231. The van der Waals surface area contributed by atoms with E-state index in [1.807, 2.05) is 56.7 Å². The molecule has 2 aliphatic rings. The van der Waals surface area contributed by atoms with Crippen molar-refractivity contribution in [3.8, 4) is 61.3 Å². The third kappa shape index (κ3) is 19.7. The first-order chi connectivity index (χ1) is 53.3. The van der Waals surface area contributed by atoms with Crippen molar-refractivity contribution in [1.29, 1.82) is 0 Å². The van der Waals surface area contributed by atoms with E-state index in [-0.39, 0.29) is 55.9 Å². The van der Waals surface area contributed by atoms with E-state index in [2.05, 4.69) is 301 Å². The van der Waals surface area contributed by atoms with Crippen molar-refractivity contribution in [3.05, 3.63) is 246 Å². The molecule has 0 bridgehead atoms. The van der Waals surface area contributed by atoms with Crippen LogP contribution in [0.25, 0.3) is 72.3 Å². The Bertz CT molecular complexity index is 4850. The molecule has 0 fully saturated rings. The molecule has 26 heteroatoms. The lowest BCUT2D eigenvalue weighted by atomic mass is 9.65. The smallest absolute Gasteiger partial charge is 0.114 e. The lowest BCUT2D eigenvalue weighted by molar-refractivity contribution is 0.666. The van der Waals surface area contributed by atoms with E-state index in [9.17, 15) is 0 Å². The van der Waals surface area contributed by atoms with Gasteiger partial charge in [-0.3, -0.25) is 0 Å². The van der Waals surface area contributed by atoms with Crippen molar-refractivity contribution < 1.29 is 0 Å². The number of aromatic nitrogens is 2. The summed E-state index contributed by atoms with van der Waals surface area (Å²) in [7, 11) is 31.2. The van der Waals surface area contributed by atoms with Gasteiger partial charge in [-0.2, -0.15) is 8.75 Å². The molecular formula is C84H106N2P18S6. The maximum absolute atomic E-state index is 5.04. The lowest BCUT2D eigenvalue weighted by Gasteiger charge is -2.43. The van der Waals surface area contributed by atoms with Crippen molar-refractivity contribution in [2.75, 3.05) is 0 Å². The van der Waals surface area contributed by atoms with Gasteiger partial charge in [0.15, 0.2) is 0 Å². The van der Waals surface area contributed by atoms with Crippen molar-refractivity contribution in [1.82, 2.24) is 8.75 Å². The zero-order valence-corrected chi connectivity index (χ0v) is 87.6. The molecule has 0 saturated heterocycles. The van der Waals surface area contributed by atoms with Crippen LogP contribution in [0.2, 0.25) is 0 Å². The first-order valence-electron chi connectivity index (χ1n) is 38.6. The summed E-state index contributed by atoms with van der Waals surface area (Å²) in [6.07, 6.45) is 24.7. The van der Waals surface area contributed by atoms with Crippen molar-refractivity contribution in [3.63, 3.8) is 0 Å². The van der Waals surface area contributed by atoms with Gasteiger partial charge in [0.1, 0.15) is 11.0 Å². The summed E-state index contributed by atoms with van der Waals surface area (Å²) in [6, 6.07) is 68.9. The summed E-state index contributed by atoms with van der Waals surface area (Å²) in [5, 5.41) is 0. The molecule has 6 aromatic heterocycles. The Kier molecular flexibility index (Phi) is 34.0. The fourth-order valence-electron chi connectivity index (χ4n) is 16.1. The molecule has 14 rings (SSSR count). The molecule has 2 nitrogen and oxygen atoms in total. The number of hydrogen-bond acceptors (Lipinski definition) is 8. The molecule has 578 valence electrons. The van der Waals surface area contributed by atoms with Crippen LogP contribution in [0, 0.1) is 13.8 Å². The predicted octanol–water partition coefficient (Wildman–Crippen LogP) is 36.6. The van der Waals surface area contributed by atoms with Gasteiger partial charge < -0.3 is 0 Å². The van der Waals surface area contributed by atoms with Gasteiger partial charge in [-0.15, -0.1) is 146 Å². The maximum atomic E-state index is 5.04. The zero-order chi connectivity index (χ0) is 77.4. The largest absolute Gasteiger partial charge is 0.172 e. The average Bonchev–Trinajstić information content (AvgIpc) is 1.50. The van der Waals surface area contributed by atoms with Crippen LogP contribution in [-0.4, -0.2) is 8.75 Å². The van der Waals surface area contributed by atoms with Crippen LogP contribution >= 0.6 is 214 Å². The molecule has 10 atom stereocenters. The average molecular weight is 1890 g/mol. The number of unbranched alkanes of at least 4 members (excludes halogenated alkanes) is 12. The van der Waals surface area contributed by atoms with Gasteiger partial charge in [-0.05, 0) is 260 Å². The second-order valence-electron chi connectivity index (χ2n) is 29.0. The summed E-state index contributed by atoms with van der Waals surface area (Å²) in [5.41, 5.74) is 22.7. The highest BCUT2D eigenvalue weighted by Crippen LogP contribution is 3.28. The van der Waals surface area contributed by atoms with Crippen molar-refractivity contribution in [2.24, 2.45) is 0 Å². The Labute approximate surface area is 714 Å². The maximum Gasteiger partial charge on any atom is 0.114 e. The van der Waals surface area contributed by atoms with Crippen LogP contribution in [-0.2, 0) is 36.5 Å². The predicted molar refractivity (Wildman–Crippen MR) is 556 cm³/mol. The summed E-state index contributed by atoms with van der Waals surface area (Å²) in [6.45, 7) is 14.5. The van der Waals surface area contributed by atoms with Gasteiger partial charge in [0.2, 0.25) is 0 Å². The van der Waals surface area contributed by atoms with E-state index >= 15 is 0 Å². The van der Waals surface area contributed by atoms with E-state index < -0.39 is 10.8 Å². The summed E-state index contributed by atoms with van der Waals surface area (Å²) in [5.74, 6) is 0. The summed E-state index contributed by atoms with van der Waals surface area (Å²) in [4.78, 5) is 13.2. The highest BCUT2D eigenvalue weighted by molar-refractivity contribution is 9.33. The minimum Gasteiger partial charge on any atom is -0.172 e. The minimum atomic E-state index is -0.579. The molecule has 0 amide bonds. The molecule has 2 aliphatic carbocycles. The van der Waals surface area contributed by atoms with Crippen LogP contribution < -0.4 is 0 Å². The van der Waals surface area contributed by atoms with Gasteiger partial charge in [0.05, 0.1) is 22.6 Å². The first-order valence-corrected chi connectivity index (χ1v) is 75.2. The van der Waals surface area contributed by atoms with Gasteiger partial charge >= 0.3 is 0 Å². The zero-order valence-electron chi connectivity index (χ0n) is 64.0. The lowest BCUT2D eigenvalue weighted by Crippen LogP contribution is -2.30. The number of hydrogen-bond donors (Lipinski definition) is 0. The third-order valence-corrected chi connectivity index (χ3v) is 136. The Balaban J connectivity index is 0.000000524. The number of nitrogens with zero attached hydrogens (tertiary/aromatic N) is 2. The highest BCUT2D eigenvalue weighted by atomic mass is 33.4. The Morgan fingerprint density at radius 1 is 0.282 bits per heavy atom. The number of thiophene rings is 5. The van der Waals surface area contributed by atoms with E-state index in [4.69, 9.17) is 8.75 Å². The van der Waals surface area contributed by atoms with E-state index in [0.29, 0.717) is 0 Å². The normalized spacial score (nSPS) is 13.5. The fraction of sp³-hybridized carbons (Fsp3) is 0.333. The molecule has 110 heavy (non-hydrogen) atoms.